The van der Waals surface area contributed by atoms with Crippen LogP contribution in [0.2, 0.25) is 0 Å². The quantitative estimate of drug-likeness (QED) is 0.468. The molecule has 0 saturated heterocycles. The monoisotopic (exact) mass is 294 g/mol. The van der Waals surface area contributed by atoms with Crippen molar-refractivity contribution in [2.75, 3.05) is 0 Å². The Morgan fingerprint density at radius 3 is 2.86 bits per heavy atom. The largest absolute Gasteiger partial charge is 0.295 e. The first-order valence-corrected chi connectivity index (χ1v) is 8.99. The maximum absolute atomic E-state index is 11.7. The van der Waals surface area contributed by atoms with Crippen molar-refractivity contribution in [3.8, 4) is 11.8 Å². The molecule has 116 valence electrons. The number of ketones is 1. The van der Waals surface area contributed by atoms with E-state index in [1.165, 1.54) is 31.3 Å². The van der Waals surface area contributed by atoms with E-state index in [1.54, 1.807) is 5.57 Å². The SMILES string of the molecule is CC#C[C@@H]1CC[C@H]2[C@@H]3CCC4=CC(=O)CC[C@@H]4C3=CC[C@]12C. The van der Waals surface area contributed by atoms with Crippen LogP contribution in [-0.2, 0) is 4.79 Å². The molecule has 4 aliphatic carbocycles. The van der Waals surface area contributed by atoms with E-state index in [2.05, 4.69) is 24.8 Å². The van der Waals surface area contributed by atoms with Crippen LogP contribution in [0.1, 0.15) is 58.8 Å². The molecule has 0 aliphatic heterocycles. The summed E-state index contributed by atoms with van der Waals surface area (Å²) in [5.74, 6) is 9.79. The normalized spacial score (nSPS) is 43.1. The van der Waals surface area contributed by atoms with Crippen molar-refractivity contribution in [3.63, 3.8) is 0 Å². The first-order chi connectivity index (χ1) is 10.6. The summed E-state index contributed by atoms with van der Waals surface area (Å²) in [5.41, 5.74) is 3.52. The van der Waals surface area contributed by atoms with E-state index in [4.69, 9.17) is 0 Å². The first kappa shape index (κ1) is 14.3. The van der Waals surface area contributed by atoms with E-state index >= 15 is 0 Å². The maximum atomic E-state index is 11.7. The molecular weight excluding hydrogens is 268 g/mol. The summed E-state index contributed by atoms with van der Waals surface area (Å²) in [6.45, 7) is 4.47. The minimum Gasteiger partial charge on any atom is -0.295 e. The molecule has 22 heavy (non-hydrogen) atoms. The molecule has 0 aromatic carbocycles. The van der Waals surface area contributed by atoms with E-state index in [1.807, 2.05) is 13.0 Å². The van der Waals surface area contributed by atoms with Gasteiger partial charge in [-0.2, -0.15) is 0 Å². The Morgan fingerprint density at radius 1 is 1.18 bits per heavy atom. The fourth-order valence-corrected chi connectivity index (χ4v) is 5.92. The minimum atomic E-state index is 0.352. The van der Waals surface area contributed by atoms with Gasteiger partial charge in [-0.1, -0.05) is 30.1 Å². The first-order valence-electron chi connectivity index (χ1n) is 8.99. The van der Waals surface area contributed by atoms with Gasteiger partial charge in [-0.3, -0.25) is 4.79 Å². The van der Waals surface area contributed by atoms with Gasteiger partial charge in [-0.25, -0.2) is 0 Å². The smallest absolute Gasteiger partial charge is 0.155 e. The van der Waals surface area contributed by atoms with Gasteiger partial charge in [0.2, 0.25) is 0 Å². The molecular formula is C21H26O. The van der Waals surface area contributed by atoms with Crippen LogP contribution in [0.5, 0.6) is 0 Å². The summed E-state index contributed by atoms with van der Waals surface area (Å²) in [4.78, 5) is 11.7. The fraction of sp³-hybridized carbons (Fsp3) is 0.667. The highest BCUT2D eigenvalue weighted by Gasteiger charge is 2.53. The Kier molecular flexibility index (Phi) is 3.33. The van der Waals surface area contributed by atoms with Crippen molar-refractivity contribution in [3.05, 3.63) is 23.3 Å². The van der Waals surface area contributed by atoms with Gasteiger partial charge >= 0.3 is 0 Å². The van der Waals surface area contributed by atoms with Gasteiger partial charge in [0, 0.05) is 18.3 Å². The molecule has 0 spiro atoms. The molecule has 0 bridgehead atoms. The van der Waals surface area contributed by atoms with E-state index < -0.39 is 0 Å². The second-order valence-corrected chi connectivity index (χ2v) is 7.97. The van der Waals surface area contributed by atoms with Gasteiger partial charge in [0.1, 0.15) is 0 Å². The molecule has 0 heterocycles. The Balaban J connectivity index is 1.68. The van der Waals surface area contributed by atoms with Crippen LogP contribution in [0.4, 0.5) is 0 Å². The number of carbonyl (C=O) groups excluding carboxylic acids is 1. The van der Waals surface area contributed by atoms with Crippen molar-refractivity contribution >= 4 is 5.78 Å². The molecule has 0 amide bonds. The number of hydrogen-bond donors (Lipinski definition) is 0. The van der Waals surface area contributed by atoms with Crippen molar-refractivity contribution in [2.24, 2.45) is 29.1 Å². The second-order valence-electron chi connectivity index (χ2n) is 7.97. The molecule has 0 aromatic heterocycles. The Hall–Kier alpha value is -1.29. The topological polar surface area (TPSA) is 17.1 Å². The lowest BCUT2D eigenvalue weighted by Crippen LogP contribution is -2.40. The Labute approximate surface area is 134 Å². The summed E-state index contributed by atoms with van der Waals surface area (Å²) in [5, 5.41) is 0. The molecule has 4 aliphatic rings. The highest BCUT2D eigenvalue weighted by molar-refractivity contribution is 5.91. The minimum absolute atomic E-state index is 0.352. The third kappa shape index (κ3) is 1.96. The maximum Gasteiger partial charge on any atom is 0.155 e. The second kappa shape index (κ2) is 5.12. The molecule has 5 atom stereocenters. The van der Waals surface area contributed by atoms with Gasteiger partial charge in [-0.15, -0.1) is 5.92 Å². The van der Waals surface area contributed by atoms with Crippen molar-refractivity contribution in [1.82, 2.24) is 0 Å². The molecule has 2 saturated carbocycles. The summed E-state index contributed by atoms with van der Waals surface area (Å²) >= 11 is 0. The van der Waals surface area contributed by atoms with E-state index in [0.717, 1.165) is 31.1 Å². The molecule has 4 rings (SSSR count). The van der Waals surface area contributed by atoms with Gasteiger partial charge in [0.15, 0.2) is 5.78 Å². The van der Waals surface area contributed by atoms with Crippen LogP contribution < -0.4 is 0 Å². The molecule has 0 aromatic rings. The molecule has 1 nitrogen and oxygen atoms in total. The lowest BCUT2D eigenvalue weighted by molar-refractivity contribution is -0.115. The zero-order valence-electron chi connectivity index (χ0n) is 13.8. The predicted octanol–water partition coefficient (Wildman–Crippen LogP) is 4.69. The van der Waals surface area contributed by atoms with E-state index in [9.17, 15) is 4.79 Å². The molecule has 1 heteroatoms. The predicted molar refractivity (Wildman–Crippen MR) is 89.0 cm³/mol. The highest BCUT2D eigenvalue weighted by atomic mass is 16.1. The third-order valence-corrected chi connectivity index (χ3v) is 7.04. The molecule has 0 radical (unpaired) electrons. The number of allylic oxidation sites excluding steroid dienone is 4. The average Bonchev–Trinajstić information content (AvgIpc) is 2.84. The van der Waals surface area contributed by atoms with Crippen LogP contribution in [0.3, 0.4) is 0 Å². The summed E-state index contributed by atoms with van der Waals surface area (Å²) in [6.07, 6.45) is 12.6. The summed E-state index contributed by atoms with van der Waals surface area (Å²) in [7, 11) is 0. The van der Waals surface area contributed by atoms with Crippen LogP contribution in [0, 0.1) is 40.9 Å². The number of carbonyl (C=O) groups is 1. The zero-order chi connectivity index (χ0) is 15.3. The summed E-state index contributed by atoms with van der Waals surface area (Å²) in [6, 6.07) is 0. The van der Waals surface area contributed by atoms with Crippen LogP contribution >= 0.6 is 0 Å². The van der Waals surface area contributed by atoms with Gasteiger partial charge in [0.05, 0.1) is 0 Å². The third-order valence-electron chi connectivity index (χ3n) is 7.04. The number of hydrogen-bond acceptors (Lipinski definition) is 1. The van der Waals surface area contributed by atoms with Crippen molar-refractivity contribution in [1.29, 1.82) is 0 Å². The summed E-state index contributed by atoms with van der Waals surface area (Å²) < 4.78 is 0. The van der Waals surface area contributed by atoms with Crippen molar-refractivity contribution in [2.45, 2.75) is 58.8 Å². The highest BCUT2D eigenvalue weighted by Crippen LogP contribution is 2.61. The van der Waals surface area contributed by atoms with Crippen LogP contribution in [0.15, 0.2) is 23.3 Å². The van der Waals surface area contributed by atoms with Gasteiger partial charge < -0.3 is 0 Å². The lowest BCUT2D eigenvalue weighted by atomic mass is 9.55. The van der Waals surface area contributed by atoms with Gasteiger partial charge in [0.25, 0.3) is 0 Å². The molecule has 0 N–H and O–H groups in total. The van der Waals surface area contributed by atoms with E-state index in [0.29, 0.717) is 23.0 Å². The van der Waals surface area contributed by atoms with Gasteiger partial charge in [-0.05, 0) is 68.8 Å². The average molecular weight is 294 g/mol. The van der Waals surface area contributed by atoms with Crippen molar-refractivity contribution < 1.29 is 4.79 Å². The van der Waals surface area contributed by atoms with Crippen LogP contribution in [0.25, 0.3) is 0 Å². The molecule has 0 unspecified atom stereocenters. The van der Waals surface area contributed by atoms with Crippen LogP contribution in [-0.4, -0.2) is 5.78 Å². The number of fused-ring (bicyclic) bond motifs is 5. The fourth-order valence-electron chi connectivity index (χ4n) is 5.92. The molecule has 2 fully saturated rings. The number of rotatable bonds is 0. The zero-order valence-corrected chi connectivity index (χ0v) is 13.8. The Bertz CT molecular complexity index is 626. The lowest BCUT2D eigenvalue weighted by Gasteiger charge is -2.48. The van der Waals surface area contributed by atoms with E-state index in [-0.39, 0.29) is 0 Å². The standard InChI is InChI=1S/C21H26O/c1-3-4-15-6-10-20-19-8-5-14-13-16(22)7-9-17(14)18(19)11-12-21(15,20)2/h11,13,15,17,19-20H,5-10,12H2,1-2H3/t15-,17+,19-,20+,21-/m1/s1. The Morgan fingerprint density at radius 2 is 2.05 bits per heavy atom.